The van der Waals surface area contributed by atoms with Gasteiger partial charge < -0.3 is 14.9 Å². The van der Waals surface area contributed by atoms with Gasteiger partial charge in [-0.25, -0.2) is 23.1 Å². The van der Waals surface area contributed by atoms with Crippen LogP contribution in [0.25, 0.3) is 16.9 Å². The maximum absolute atomic E-state index is 14.1. The molecule has 1 aliphatic rings. The van der Waals surface area contributed by atoms with Crippen LogP contribution in [-0.2, 0) is 10.9 Å². The summed E-state index contributed by atoms with van der Waals surface area (Å²) in [6.07, 6.45) is -7.05. The van der Waals surface area contributed by atoms with Crippen LogP contribution in [0.4, 0.5) is 22.0 Å². The van der Waals surface area contributed by atoms with E-state index < -0.39 is 54.3 Å². The first-order valence-electron chi connectivity index (χ1n) is 11.7. The molecule has 1 saturated heterocycles. The molecular weight excluding hydrogens is 631 g/mol. The number of halogens is 7. The molecule has 0 bridgehead atoms. The fourth-order valence-corrected chi connectivity index (χ4v) is 4.94. The average molecular weight is 650 g/mol. The summed E-state index contributed by atoms with van der Waals surface area (Å²) in [5, 5.41) is 32.9. The van der Waals surface area contributed by atoms with Crippen molar-refractivity contribution in [3.05, 3.63) is 74.9 Å². The van der Waals surface area contributed by atoms with Gasteiger partial charge in [-0.1, -0.05) is 16.8 Å². The van der Waals surface area contributed by atoms with E-state index in [1.54, 1.807) is 0 Å². The minimum atomic E-state index is -4.74. The molecule has 0 saturated carbocycles. The van der Waals surface area contributed by atoms with Crippen LogP contribution in [0.15, 0.2) is 41.0 Å². The van der Waals surface area contributed by atoms with Crippen molar-refractivity contribution in [3.63, 3.8) is 0 Å². The first kappa shape index (κ1) is 28.5. The van der Waals surface area contributed by atoms with Crippen molar-refractivity contribution in [2.45, 2.75) is 43.9 Å². The summed E-state index contributed by atoms with van der Waals surface area (Å²) in [5.74, 6) is -1.61. The third kappa shape index (κ3) is 5.35. The van der Waals surface area contributed by atoms with Crippen LogP contribution >= 0.6 is 27.5 Å². The van der Waals surface area contributed by atoms with Crippen LogP contribution in [-0.4, -0.2) is 58.8 Å². The Balaban J connectivity index is 1.54. The maximum Gasteiger partial charge on any atom is 0.418 e. The summed E-state index contributed by atoms with van der Waals surface area (Å²) in [6, 6.07) is 4.21. The van der Waals surface area contributed by atoms with Crippen LogP contribution in [0.5, 0.6) is 0 Å². The number of nitrogens with zero attached hydrogens (tertiary/aromatic N) is 6. The summed E-state index contributed by atoms with van der Waals surface area (Å²) in [6.45, 7) is 0.841. The van der Waals surface area contributed by atoms with E-state index in [2.05, 4.69) is 36.3 Å². The monoisotopic (exact) mass is 648 g/mol. The van der Waals surface area contributed by atoms with Crippen LogP contribution < -0.4 is 0 Å². The Hall–Kier alpha value is -2.98. The SMILES string of the molecule is Cc1nc(C2CC(n3cc(-c4cc(F)c(Br)c(F)c4)nn3)C(O)C(CO)O2)n(-c2cc(Cl)ccc2C(F)(F)F)n1. The molecule has 4 atom stereocenters. The van der Waals surface area contributed by atoms with E-state index in [1.807, 2.05) is 0 Å². The normalized spacial score (nSPS) is 21.6. The number of aliphatic hydroxyl groups excluding tert-OH is 2. The van der Waals surface area contributed by atoms with Gasteiger partial charge in [0, 0.05) is 17.0 Å². The van der Waals surface area contributed by atoms with Crippen molar-refractivity contribution in [2.75, 3.05) is 6.61 Å². The quantitative estimate of drug-likeness (QED) is 0.232. The van der Waals surface area contributed by atoms with Crippen LogP contribution in [0.1, 0.15) is 35.8 Å². The smallest absolute Gasteiger partial charge is 0.394 e. The van der Waals surface area contributed by atoms with Crippen molar-refractivity contribution in [1.29, 1.82) is 0 Å². The lowest BCUT2D eigenvalue weighted by Gasteiger charge is -2.38. The van der Waals surface area contributed by atoms with Crippen molar-refractivity contribution in [2.24, 2.45) is 0 Å². The Morgan fingerprint density at radius 3 is 2.52 bits per heavy atom. The lowest BCUT2D eigenvalue weighted by atomic mass is 9.95. The van der Waals surface area contributed by atoms with Crippen LogP contribution in [0, 0.1) is 18.6 Å². The second-order valence-electron chi connectivity index (χ2n) is 9.07. The molecule has 2 aromatic carbocycles. The van der Waals surface area contributed by atoms with Gasteiger partial charge in [0.2, 0.25) is 0 Å². The predicted molar refractivity (Wildman–Crippen MR) is 134 cm³/mol. The van der Waals surface area contributed by atoms with Gasteiger partial charge in [-0.15, -0.1) is 5.10 Å². The van der Waals surface area contributed by atoms with Gasteiger partial charge in [-0.05, 0) is 53.2 Å². The number of aryl methyl sites for hydroxylation is 1. The predicted octanol–water partition coefficient (Wildman–Crippen LogP) is 4.97. The molecule has 0 aliphatic carbocycles. The van der Waals surface area contributed by atoms with Crippen molar-refractivity contribution >= 4 is 27.5 Å². The largest absolute Gasteiger partial charge is 0.418 e. The van der Waals surface area contributed by atoms with Crippen LogP contribution in [0.3, 0.4) is 0 Å². The Morgan fingerprint density at radius 1 is 1.18 bits per heavy atom. The number of rotatable bonds is 5. The zero-order valence-electron chi connectivity index (χ0n) is 20.3. The standard InChI is InChI=1S/C24H19BrClF5N6O3/c1-10-32-23(37(34-10)17-6-12(26)2-3-13(17)24(29,30)31)19-7-18(22(39)20(9-38)40-19)36-8-16(33-35-36)11-4-14(27)21(25)15(28)5-11/h2-6,8,18-20,22,38-39H,7,9H2,1H3. The van der Waals surface area contributed by atoms with E-state index in [1.165, 1.54) is 17.8 Å². The van der Waals surface area contributed by atoms with Gasteiger partial charge in [0.25, 0.3) is 0 Å². The molecule has 2 aromatic heterocycles. The van der Waals surface area contributed by atoms with E-state index in [9.17, 15) is 32.2 Å². The topological polar surface area (TPSA) is 111 Å². The van der Waals surface area contributed by atoms with Crippen molar-refractivity contribution in [1.82, 2.24) is 29.8 Å². The molecule has 40 heavy (non-hydrogen) atoms. The van der Waals surface area contributed by atoms with Gasteiger partial charge in [0.1, 0.15) is 41.5 Å². The van der Waals surface area contributed by atoms with Gasteiger partial charge in [0.05, 0.1) is 34.6 Å². The number of aliphatic hydroxyl groups is 2. The van der Waals surface area contributed by atoms with Gasteiger partial charge in [0.15, 0.2) is 5.82 Å². The molecule has 0 amide bonds. The van der Waals surface area contributed by atoms with Gasteiger partial charge >= 0.3 is 6.18 Å². The summed E-state index contributed by atoms with van der Waals surface area (Å²) in [7, 11) is 0. The minimum Gasteiger partial charge on any atom is -0.394 e. The van der Waals surface area contributed by atoms with E-state index in [4.69, 9.17) is 16.3 Å². The number of ether oxygens (including phenoxy) is 1. The second-order valence-corrected chi connectivity index (χ2v) is 10.3. The fourth-order valence-electron chi connectivity index (χ4n) is 4.55. The highest BCUT2D eigenvalue weighted by Crippen LogP contribution is 2.40. The highest BCUT2D eigenvalue weighted by Gasteiger charge is 2.42. The third-order valence-electron chi connectivity index (χ3n) is 6.40. The summed E-state index contributed by atoms with van der Waals surface area (Å²) < 4.78 is 77.4. The summed E-state index contributed by atoms with van der Waals surface area (Å²) >= 11 is 8.82. The van der Waals surface area contributed by atoms with Gasteiger partial charge in [-0.3, -0.25) is 0 Å². The molecule has 4 unspecified atom stereocenters. The zero-order chi connectivity index (χ0) is 28.9. The van der Waals surface area contributed by atoms with E-state index >= 15 is 0 Å². The lowest BCUT2D eigenvalue weighted by Crippen LogP contribution is -2.45. The third-order valence-corrected chi connectivity index (χ3v) is 7.39. The molecular formula is C24H19BrClF5N6O3. The zero-order valence-corrected chi connectivity index (χ0v) is 22.7. The lowest BCUT2D eigenvalue weighted by molar-refractivity contribution is -0.161. The molecule has 212 valence electrons. The minimum absolute atomic E-state index is 0.0296. The highest BCUT2D eigenvalue weighted by molar-refractivity contribution is 9.10. The average Bonchev–Trinajstić information content (AvgIpc) is 3.53. The molecule has 4 aromatic rings. The number of alkyl halides is 3. The Kier molecular flexibility index (Phi) is 7.69. The Bertz CT molecular complexity index is 1540. The number of aromatic nitrogens is 6. The Morgan fingerprint density at radius 2 is 1.88 bits per heavy atom. The maximum atomic E-state index is 14.1. The molecule has 1 fully saturated rings. The molecule has 9 nitrogen and oxygen atoms in total. The summed E-state index contributed by atoms with van der Waals surface area (Å²) in [4.78, 5) is 4.29. The first-order chi connectivity index (χ1) is 18.9. The van der Waals surface area contributed by atoms with Crippen molar-refractivity contribution in [3.8, 4) is 16.9 Å². The van der Waals surface area contributed by atoms with Crippen molar-refractivity contribution < 1.29 is 36.9 Å². The number of hydrogen-bond acceptors (Lipinski definition) is 7. The first-order valence-corrected chi connectivity index (χ1v) is 12.9. The summed E-state index contributed by atoms with van der Waals surface area (Å²) in [5.41, 5.74) is -1.22. The fraction of sp³-hybridized carbons (Fsp3) is 0.333. The molecule has 16 heteroatoms. The van der Waals surface area contributed by atoms with E-state index in [0.29, 0.717) is 0 Å². The van der Waals surface area contributed by atoms with Crippen LogP contribution in [0.2, 0.25) is 5.02 Å². The molecule has 1 aliphatic heterocycles. The molecule has 0 spiro atoms. The molecule has 0 radical (unpaired) electrons. The van der Waals surface area contributed by atoms with E-state index in [-0.39, 0.29) is 44.5 Å². The molecule has 5 rings (SSSR count). The van der Waals surface area contributed by atoms with E-state index in [0.717, 1.165) is 35.0 Å². The highest BCUT2D eigenvalue weighted by atomic mass is 79.9. The number of benzene rings is 2. The molecule has 2 N–H and O–H groups in total. The Labute approximate surface area is 236 Å². The number of hydrogen-bond donors (Lipinski definition) is 2. The molecule has 3 heterocycles. The van der Waals surface area contributed by atoms with Gasteiger partial charge in [-0.2, -0.15) is 18.3 Å². The second kappa shape index (κ2) is 10.8.